The molecule has 27 heavy (non-hydrogen) atoms. The maximum Gasteiger partial charge on any atom is 0.306 e. The Balaban J connectivity index is 1.62. The van der Waals surface area contributed by atoms with E-state index in [4.69, 9.17) is 4.98 Å². The van der Waals surface area contributed by atoms with E-state index in [0.717, 1.165) is 48.7 Å². The van der Waals surface area contributed by atoms with Gasteiger partial charge in [-0.25, -0.2) is 4.98 Å². The molecule has 0 radical (unpaired) electrons. The van der Waals surface area contributed by atoms with Crippen LogP contribution in [0.25, 0.3) is 11.0 Å². The standard InChI is InChI=1S/C20H28N4O3/c1-24-17-5-4-15(22-19(25)7-8-20(26)27-2)13-16(17)23-18(24)6-3-14-9-11-21-12-10-14/h4-5,13-14,21H,3,6-12H2,1-2H3,(H,22,25). The van der Waals surface area contributed by atoms with Crippen LogP contribution >= 0.6 is 0 Å². The maximum absolute atomic E-state index is 12.0. The zero-order valence-corrected chi connectivity index (χ0v) is 16.1. The van der Waals surface area contributed by atoms with E-state index in [-0.39, 0.29) is 24.7 Å². The van der Waals surface area contributed by atoms with Crippen LogP contribution in [0.3, 0.4) is 0 Å². The maximum atomic E-state index is 12.0. The first-order valence-corrected chi connectivity index (χ1v) is 9.59. The topological polar surface area (TPSA) is 85.2 Å². The first-order chi connectivity index (χ1) is 13.1. The summed E-state index contributed by atoms with van der Waals surface area (Å²) < 4.78 is 6.69. The molecule has 1 fully saturated rings. The van der Waals surface area contributed by atoms with Gasteiger partial charge in [0.1, 0.15) is 5.82 Å². The molecule has 0 bridgehead atoms. The van der Waals surface area contributed by atoms with Crippen LogP contribution in [0.2, 0.25) is 0 Å². The second-order valence-corrected chi connectivity index (χ2v) is 7.15. The molecular formula is C20H28N4O3. The number of anilines is 1. The number of carbonyl (C=O) groups is 2. The summed E-state index contributed by atoms with van der Waals surface area (Å²) in [4.78, 5) is 27.9. The number of nitrogens with one attached hydrogen (secondary N) is 2. The van der Waals surface area contributed by atoms with Crippen molar-refractivity contribution in [1.29, 1.82) is 0 Å². The van der Waals surface area contributed by atoms with Gasteiger partial charge >= 0.3 is 5.97 Å². The van der Waals surface area contributed by atoms with E-state index in [1.807, 2.05) is 25.2 Å². The summed E-state index contributed by atoms with van der Waals surface area (Å²) in [6.45, 7) is 2.23. The number of hydrogen-bond acceptors (Lipinski definition) is 5. The Labute approximate surface area is 159 Å². The molecule has 1 aromatic heterocycles. The number of hydrogen-bond donors (Lipinski definition) is 2. The van der Waals surface area contributed by atoms with Gasteiger partial charge in [0.25, 0.3) is 0 Å². The van der Waals surface area contributed by atoms with E-state index in [0.29, 0.717) is 5.69 Å². The Morgan fingerprint density at radius 1 is 1.30 bits per heavy atom. The van der Waals surface area contributed by atoms with Gasteiger partial charge in [-0.15, -0.1) is 0 Å². The van der Waals surface area contributed by atoms with Crippen LogP contribution in [0.5, 0.6) is 0 Å². The highest BCUT2D eigenvalue weighted by atomic mass is 16.5. The minimum atomic E-state index is -0.385. The van der Waals surface area contributed by atoms with E-state index in [1.54, 1.807) is 0 Å². The molecule has 0 spiro atoms. The Morgan fingerprint density at radius 3 is 2.81 bits per heavy atom. The van der Waals surface area contributed by atoms with Crippen molar-refractivity contribution in [2.45, 2.75) is 38.5 Å². The van der Waals surface area contributed by atoms with Gasteiger partial charge in [0, 0.05) is 25.6 Å². The van der Waals surface area contributed by atoms with Crippen molar-refractivity contribution in [1.82, 2.24) is 14.9 Å². The zero-order chi connectivity index (χ0) is 19.2. The Morgan fingerprint density at radius 2 is 2.07 bits per heavy atom. The molecule has 7 heteroatoms. The minimum Gasteiger partial charge on any atom is -0.469 e. The fourth-order valence-corrected chi connectivity index (χ4v) is 3.60. The summed E-state index contributed by atoms with van der Waals surface area (Å²) in [5.74, 6) is 1.26. The molecular weight excluding hydrogens is 344 g/mol. The molecule has 2 N–H and O–H groups in total. The quantitative estimate of drug-likeness (QED) is 0.729. The molecule has 0 saturated carbocycles. The lowest BCUT2D eigenvalue weighted by molar-refractivity contribution is -0.141. The molecule has 2 heterocycles. The fourth-order valence-electron chi connectivity index (χ4n) is 3.60. The van der Waals surface area contributed by atoms with Gasteiger partial charge in [0.05, 0.1) is 24.6 Å². The highest BCUT2D eigenvalue weighted by Gasteiger charge is 2.15. The smallest absolute Gasteiger partial charge is 0.306 e. The number of imidazole rings is 1. The number of esters is 1. The number of aryl methyl sites for hydroxylation is 2. The first kappa shape index (κ1) is 19.4. The van der Waals surface area contributed by atoms with Crippen LogP contribution < -0.4 is 10.6 Å². The van der Waals surface area contributed by atoms with Crippen LogP contribution in [0.4, 0.5) is 5.69 Å². The van der Waals surface area contributed by atoms with Crippen molar-refractivity contribution in [2.75, 3.05) is 25.5 Å². The average molecular weight is 372 g/mol. The number of methoxy groups -OCH3 is 1. The summed E-state index contributed by atoms with van der Waals surface area (Å²) in [6, 6.07) is 5.74. The van der Waals surface area contributed by atoms with Crippen molar-refractivity contribution in [3.8, 4) is 0 Å². The van der Waals surface area contributed by atoms with E-state index < -0.39 is 0 Å². The molecule has 1 aliphatic heterocycles. The molecule has 1 aromatic carbocycles. The molecule has 7 nitrogen and oxygen atoms in total. The van der Waals surface area contributed by atoms with E-state index in [2.05, 4.69) is 19.9 Å². The summed E-state index contributed by atoms with van der Waals surface area (Å²) in [5, 5.41) is 6.23. The third-order valence-corrected chi connectivity index (χ3v) is 5.28. The zero-order valence-electron chi connectivity index (χ0n) is 16.1. The van der Waals surface area contributed by atoms with Gasteiger partial charge in [-0.1, -0.05) is 0 Å². The van der Waals surface area contributed by atoms with Crippen LogP contribution in [-0.4, -0.2) is 41.6 Å². The van der Waals surface area contributed by atoms with Crippen LogP contribution in [0.15, 0.2) is 18.2 Å². The number of carbonyl (C=O) groups excluding carboxylic acids is 2. The second kappa shape index (κ2) is 8.99. The molecule has 146 valence electrons. The third-order valence-electron chi connectivity index (χ3n) is 5.28. The average Bonchev–Trinajstić information content (AvgIpc) is 3.00. The number of nitrogens with zero attached hydrogens (tertiary/aromatic N) is 2. The number of ether oxygens (including phenoxy) is 1. The van der Waals surface area contributed by atoms with Gasteiger partial charge < -0.3 is 19.9 Å². The lowest BCUT2D eigenvalue weighted by atomic mass is 9.93. The van der Waals surface area contributed by atoms with E-state index in [9.17, 15) is 9.59 Å². The van der Waals surface area contributed by atoms with Gasteiger partial charge in [-0.05, 0) is 56.5 Å². The summed E-state index contributed by atoms with van der Waals surface area (Å²) in [6.07, 6.45) is 4.80. The molecule has 2 aromatic rings. The van der Waals surface area contributed by atoms with Gasteiger partial charge in [-0.2, -0.15) is 0 Å². The van der Waals surface area contributed by atoms with Crippen LogP contribution in [0.1, 0.15) is 37.9 Å². The first-order valence-electron chi connectivity index (χ1n) is 9.59. The molecule has 0 aliphatic carbocycles. The minimum absolute atomic E-state index is 0.0784. The summed E-state index contributed by atoms with van der Waals surface area (Å²) >= 11 is 0. The van der Waals surface area contributed by atoms with Crippen LogP contribution in [-0.2, 0) is 27.8 Å². The van der Waals surface area contributed by atoms with Crippen LogP contribution in [0, 0.1) is 5.92 Å². The number of fused-ring (bicyclic) bond motifs is 1. The van der Waals surface area contributed by atoms with E-state index >= 15 is 0 Å². The van der Waals surface area contributed by atoms with Gasteiger partial charge in [0.2, 0.25) is 5.91 Å². The number of piperidine rings is 1. The van der Waals surface area contributed by atoms with Crippen molar-refractivity contribution < 1.29 is 14.3 Å². The molecule has 0 atom stereocenters. The highest BCUT2D eigenvalue weighted by molar-refractivity contribution is 5.94. The van der Waals surface area contributed by atoms with Crippen molar-refractivity contribution >= 4 is 28.6 Å². The summed E-state index contributed by atoms with van der Waals surface area (Å²) in [5.41, 5.74) is 2.63. The fraction of sp³-hybridized carbons (Fsp3) is 0.550. The van der Waals surface area contributed by atoms with Crippen molar-refractivity contribution in [2.24, 2.45) is 13.0 Å². The second-order valence-electron chi connectivity index (χ2n) is 7.15. The monoisotopic (exact) mass is 372 g/mol. The largest absolute Gasteiger partial charge is 0.469 e. The number of rotatable bonds is 7. The predicted molar refractivity (Wildman–Crippen MR) is 105 cm³/mol. The Bertz CT molecular complexity index is 809. The molecule has 1 saturated heterocycles. The number of amides is 1. The summed E-state index contributed by atoms with van der Waals surface area (Å²) in [7, 11) is 3.36. The molecule has 0 unspecified atom stereocenters. The lowest BCUT2D eigenvalue weighted by Crippen LogP contribution is -2.28. The molecule has 1 amide bonds. The normalized spacial score (nSPS) is 15.0. The molecule has 3 rings (SSSR count). The van der Waals surface area contributed by atoms with Crippen molar-refractivity contribution in [3.05, 3.63) is 24.0 Å². The Hall–Kier alpha value is -2.41. The number of aromatic nitrogens is 2. The predicted octanol–water partition coefficient (Wildman–Crippen LogP) is 2.40. The van der Waals surface area contributed by atoms with Gasteiger partial charge in [-0.3, -0.25) is 9.59 Å². The number of benzene rings is 1. The highest BCUT2D eigenvalue weighted by Crippen LogP contribution is 2.23. The SMILES string of the molecule is COC(=O)CCC(=O)Nc1ccc2c(c1)nc(CCC1CCNCC1)n2C. The van der Waals surface area contributed by atoms with Gasteiger partial charge in [0.15, 0.2) is 0 Å². The van der Waals surface area contributed by atoms with Crippen molar-refractivity contribution in [3.63, 3.8) is 0 Å². The lowest BCUT2D eigenvalue weighted by Gasteiger charge is -2.22. The third kappa shape index (κ3) is 5.07. The Kier molecular flexibility index (Phi) is 6.45. The van der Waals surface area contributed by atoms with E-state index in [1.165, 1.54) is 20.0 Å². The molecule has 1 aliphatic rings.